The summed E-state index contributed by atoms with van der Waals surface area (Å²) in [6.07, 6.45) is 2.06. The maximum absolute atomic E-state index is 10.9. The van der Waals surface area contributed by atoms with Gasteiger partial charge in [-0.15, -0.1) is 6.58 Å². The van der Waals surface area contributed by atoms with Crippen LogP contribution in [-0.4, -0.2) is 35.5 Å². The second-order valence-corrected chi connectivity index (χ2v) is 3.77. The Kier molecular flexibility index (Phi) is 2.56. The fourth-order valence-corrected chi connectivity index (χ4v) is 2.00. The highest BCUT2D eigenvalue weighted by Gasteiger charge is 2.45. The zero-order chi connectivity index (χ0) is 10.1. The summed E-state index contributed by atoms with van der Waals surface area (Å²) in [5, 5.41) is 9.63. The molecule has 2 aliphatic rings. The van der Waals surface area contributed by atoms with Crippen LogP contribution in [0.15, 0.2) is 12.7 Å². The van der Waals surface area contributed by atoms with Gasteiger partial charge in [0.1, 0.15) is 12.2 Å². The van der Waals surface area contributed by atoms with E-state index in [1.54, 1.807) is 6.08 Å². The third kappa shape index (κ3) is 1.67. The summed E-state index contributed by atoms with van der Waals surface area (Å²) in [7, 11) is 0. The van der Waals surface area contributed by atoms with E-state index >= 15 is 0 Å². The molecule has 1 N–H and O–H groups in total. The first-order valence-electron chi connectivity index (χ1n) is 4.84. The molecule has 0 aromatic rings. The molecule has 0 spiro atoms. The summed E-state index contributed by atoms with van der Waals surface area (Å²) in [5.74, 6) is -0.198. The summed E-state index contributed by atoms with van der Waals surface area (Å²) < 4.78 is 10.6. The van der Waals surface area contributed by atoms with E-state index < -0.39 is 6.10 Å². The standard InChI is InChI=1S/C10H14O4/c1-2-3-6(11)7-4-8-9(13-7)5-10(12)14-8/h2,6-9,11H,1,3-5H2/t6-,7-,8-,9-/m1/s1. The minimum atomic E-state index is -0.531. The molecular weight excluding hydrogens is 184 g/mol. The van der Waals surface area contributed by atoms with E-state index in [1.165, 1.54) is 0 Å². The second kappa shape index (κ2) is 3.71. The number of carbonyl (C=O) groups excluding carboxylic acids is 1. The van der Waals surface area contributed by atoms with Gasteiger partial charge in [0.25, 0.3) is 0 Å². The molecule has 2 aliphatic heterocycles. The van der Waals surface area contributed by atoms with Gasteiger partial charge in [0.2, 0.25) is 0 Å². The number of fused-ring (bicyclic) bond motifs is 1. The van der Waals surface area contributed by atoms with Crippen LogP contribution in [0.3, 0.4) is 0 Å². The highest BCUT2D eigenvalue weighted by Crippen LogP contribution is 2.33. The highest BCUT2D eigenvalue weighted by molar-refractivity contribution is 5.72. The summed E-state index contributed by atoms with van der Waals surface area (Å²) in [4.78, 5) is 10.9. The molecule has 2 heterocycles. The van der Waals surface area contributed by atoms with E-state index in [-0.39, 0.29) is 24.3 Å². The molecule has 4 nitrogen and oxygen atoms in total. The molecule has 78 valence electrons. The van der Waals surface area contributed by atoms with Crippen molar-refractivity contribution in [2.45, 2.75) is 43.7 Å². The Morgan fingerprint density at radius 1 is 1.64 bits per heavy atom. The van der Waals surface area contributed by atoms with Crippen molar-refractivity contribution >= 4 is 5.97 Å². The SMILES string of the molecule is C=CC[C@@H](O)[C@H]1C[C@H]2OC(=O)C[C@H]2O1. The summed E-state index contributed by atoms with van der Waals surface area (Å²) >= 11 is 0. The Labute approximate surface area is 82.5 Å². The molecule has 0 unspecified atom stereocenters. The van der Waals surface area contributed by atoms with Crippen LogP contribution in [0.2, 0.25) is 0 Å². The molecule has 4 heteroatoms. The number of aliphatic hydroxyl groups excluding tert-OH is 1. The molecule has 0 aliphatic carbocycles. The number of esters is 1. The van der Waals surface area contributed by atoms with Gasteiger partial charge in [0.05, 0.1) is 18.6 Å². The Balaban J connectivity index is 1.90. The average Bonchev–Trinajstić information content (AvgIpc) is 2.61. The third-order valence-corrected chi connectivity index (χ3v) is 2.72. The van der Waals surface area contributed by atoms with E-state index in [1.807, 2.05) is 0 Å². The Bertz CT molecular complexity index is 235. The number of rotatable bonds is 3. The Morgan fingerprint density at radius 3 is 3.07 bits per heavy atom. The molecule has 0 saturated carbocycles. The maximum Gasteiger partial charge on any atom is 0.308 e. The van der Waals surface area contributed by atoms with Crippen LogP contribution in [0.25, 0.3) is 0 Å². The Hall–Kier alpha value is -0.870. The van der Waals surface area contributed by atoms with Crippen molar-refractivity contribution in [3.8, 4) is 0 Å². The fourth-order valence-electron chi connectivity index (χ4n) is 2.00. The molecule has 0 aromatic carbocycles. The van der Waals surface area contributed by atoms with Crippen molar-refractivity contribution < 1.29 is 19.4 Å². The van der Waals surface area contributed by atoms with Crippen LogP contribution in [0.1, 0.15) is 19.3 Å². The van der Waals surface area contributed by atoms with Crippen LogP contribution >= 0.6 is 0 Å². The van der Waals surface area contributed by atoms with Crippen molar-refractivity contribution in [2.75, 3.05) is 0 Å². The maximum atomic E-state index is 10.9. The number of carbonyl (C=O) groups is 1. The van der Waals surface area contributed by atoms with Gasteiger partial charge in [-0.3, -0.25) is 4.79 Å². The van der Waals surface area contributed by atoms with E-state index in [9.17, 15) is 9.90 Å². The molecule has 0 bridgehead atoms. The predicted octanol–water partition coefficient (Wildman–Crippen LogP) is 0.396. The molecule has 2 rings (SSSR count). The van der Waals surface area contributed by atoms with E-state index in [0.717, 1.165) is 0 Å². The van der Waals surface area contributed by atoms with Crippen LogP contribution in [-0.2, 0) is 14.3 Å². The van der Waals surface area contributed by atoms with Gasteiger partial charge in [0, 0.05) is 6.42 Å². The summed E-state index contributed by atoms with van der Waals surface area (Å²) in [5.41, 5.74) is 0. The van der Waals surface area contributed by atoms with Crippen molar-refractivity contribution in [3.05, 3.63) is 12.7 Å². The summed E-state index contributed by atoms with van der Waals surface area (Å²) in [6.45, 7) is 3.56. The smallest absolute Gasteiger partial charge is 0.308 e. The van der Waals surface area contributed by atoms with Crippen molar-refractivity contribution in [1.82, 2.24) is 0 Å². The van der Waals surface area contributed by atoms with Crippen molar-refractivity contribution in [3.63, 3.8) is 0 Å². The Morgan fingerprint density at radius 2 is 2.43 bits per heavy atom. The zero-order valence-electron chi connectivity index (χ0n) is 7.89. The van der Waals surface area contributed by atoms with E-state index in [0.29, 0.717) is 19.3 Å². The lowest BCUT2D eigenvalue weighted by Gasteiger charge is -2.16. The average molecular weight is 198 g/mol. The second-order valence-electron chi connectivity index (χ2n) is 3.77. The van der Waals surface area contributed by atoms with Gasteiger partial charge in [-0.2, -0.15) is 0 Å². The first-order chi connectivity index (χ1) is 6.70. The zero-order valence-corrected chi connectivity index (χ0v) is 7.89. The first-order valence-corrected chi connectivity index (χ1v) is 4.84. The minimum absolute atomic E-state index is 0.146. The van der Waals surface area contributed by atoms with Crippen LogP contribution < -0.4 is 0 Å². The number of ether oxygens (including phenoxy) is 2. The molecule has 14 heavy (non-hydrogen) atoms. The predicted molar refractivity (Wildman–Crippen MR) is 48.6 cm³/mol. The number of aliphatic hydroxyl groups is 1. The van der Waals surface area contributed by atoms with Crippen LogP contribution in [0, 0.1) is 0 Å². The summed E-state index contributed by atoms with van der Waals surface area (Å²) in [6, 6.07) is 0. The van der Waals surface area contributed by atoms with Gasteiger partial charge in [-0.1, -0.05) is 6.08 Å². The van der Waals surface area contributed by atoms with Crippen LogP contribution in [0.5, 0.6) is 0 Å². The lowest BCUT2D eigenvalue weighted by atomic mass is 10.1. The molecule has 0 amide bonds. The van der Waals surface area contributed by atoms with E-state index in [2.05, 4.69) is 6.58 Å². The van der Waals surface area contributed by atoms with Gasteiger partial charge in [-0.25, -0.2) is 0 Å². The molecule has 0 radical (unpaired) electrons. The van der Waals surface area contributed by atoms with Gasteiger partial charge in [0.15, 0.2) is 0 Å². The van der Waals surface area contributed by atoms with E-state index in [4.69, 9.17) is 9.47 Å². The molecule has 4 atom stereocenters. The third-order valence-electron chi connectivity index (χ3n) is 2.72. The van der Waals surface area contributed by atoms with Crippen LogP contribution in [0.4, 0.5) is 0 Å². The van der Waals surface area contributed by atoms with Gasteiger partial charge in [-0.05, 0) is 6.42 Å². The molecule has 0 aromatic heterocycles. The first kappa shape index (κ1) is 9.68. The topological polar surface area (TPSA) is 55.8 Å². The minimum Gasteiger partial charge on any atom is -0.459 e. The largest absolute Gasteiger partial charge is 0.459 e. The van der Waals surface area contributed by atoms with Gasteiger partial charge >= 0.3 is 5.97 Å². The molecule has 2 saturated heterocycles. The number of hydrogen-bond acceptors (Lipinski definition) is 4. The fraction of sp³-hybridized carbons (Fsp3) is 0.700. The van der Waals surface area contributed by atoms with Crippen molar-refractivity contribution in [1.29, 1.82) is 0 Å². The highest BCUT2D eigenvalue weighted by atomic mass is 16.6. The monoisotopic (exact) mass is 198 g/mol. The number of hydrogen-bond donors (Lipinski definition) is 1. The normalized spacial score (nSPS) is 37.8. The lowest BCUT2D eigenvalue weighted by Crippen LogP contribution is -2.26. The lowest BCUT2D eigenvalue weighted by molar-refractivity contribution is -0.141. The quantitative estimate of drug-likeness (QED) is 0.526. The molecular formula is C10H14O4. The van der Waals surface area contributed by atoms with Gasteiger partial charge < -0.3 is 14.6 Å². The molecule has 2 fully saturated rings. The van der Waals surface area contributed by atoms with Crippen molar-refractivity contribution in [2.24, 2.45) is 0 Å².